The molecule has 0 spiro atoms. The van der Waals surface area contributed by atoms with Gasteiger partial charge in [-0.1, -0.05) is 0 Å². The van der Waals surface area contributed by atoms with Crippen LogP contribution in [0.5, 0.6) is 0 Å². The zero-order valence-corrected chi connectivity index (χ0v) is 3.55. The topological polar surface area (TPSA) is 49.4 Å². The van der Waals surface area contributed by atoms with E-state index in [1.165, 1.54) is 6.92 Å². The molecule has 1 radical (unpaired) electrons. The summed E-state index contributed by atoms with van der Waals surface area (Å²) in [6, 6.07) is 0. The lowest BCUT2D eigenvalue weighted by molar-refractivity contribution is -0.335. The maximum absolute atomic E-state index is 9.20. The molecule has 0 aromatic carbocycles. The highest BCUT2D eigenvalue weighted by molar-refractivity contribution is 4.36. The lowest BCUT2D eigenvalue weighted by Crippen LogP contribution is -2.08. The summed E-state index contributed by atoms with van der Waals surface area (Å²) in [7, 11) is 0. The third kappa shape index (κ3) is 2.14. The molecule has 1 N–H and O–H groups in total. The predicted octanol–water partition coefficient (Wildman–Crippen LogP) is -0.271. The molecule has 0 aromatic rings. The minimum Gasteiger partial charge on any atom is -0.394 e. The number of aliphatic hydroxyl groups excluding tert-OH is 1. The van der Waals surface area contributed by atoms with E-state index in [1.54, 1.807) is 0 Å². The van der Waals surface area contributed by atoms with E-state index in [2.05, 4.69) is 4.89 Å². The third-order valence-corrected chi connectivity index (χ3v) is 0.421. The fraction of sp³-hybridized carbons (Fsp3) is 1.00. The first-order valence-corrected chi connectivity index (χ1v) is 1.70. The van der Waals surface area contributed by atoms with Crippen molar-refractivity contribution >= 4 is 0 Å². The molecule has 0 fully saturated rings. The molecule has 3 nitrogen and oxygen atoms in total. The lowest BCUT2D eigenvalue weighted by Gasteiger charge is -1.95. The molecular formula is C3H7O3. The van der Waals surface area contributed by atoms with Gasteiger partial charge in [0.2, 0.25) is 0 Å². The van der Waals surface area contributed by atoms with Crippen LogP contribution in [0, 0.1) is 0 Å². The Morgan fingerprint density at radius 3 is 2.50 bits per heavy atom. The summed E-state index contributed by atoms with van der Waals surface area (Å²) in [6.45, 7) is 1.29. The molecule has 0 bridgehead atoms. The van der Waals surface area contributed by atoms with Gasteiger partial charge >= 0.3 is 0 Å². The van der Waals surface area contributed by atoms with Crippen molar-refractivity contribution in [3.05, 3.63) is 0 Å². The molecule has 0 rings (SSSR count). The van der Waals surface area contributed by atoms with Crippen molar-refractivity contribution in [3.8, 4) is 0 Å². The first-order chi connectivity index (χ1) is 2.81. The highest BCUT2D eigenvalue weighted by Crippen LogP contribution is 1.80. The summed E-state index contributed by atoms with van der Waals surface area (Å²) in [5.41, 5.74) is 0. The first kappa shape index (κ1) is 5.88. The number of rotatable bonds is 2. The molecule has 0 saturated heterocycles. The van der Waals surface area contributed by atoms with E-state index in [9.17, 15) is 5.26 Å². The van der Waals surface area contributed by atoms with Crippen LogP contribution in [0.4, 0.5) is 0 Å². The van der Waals surface area contributed by atoms with E-state index in [-0.39, 0.29) is 6.61 Å². The largest absolute Gasteiger partial charge is 0.394 e. The summed E-state index contributed by atoms with van der Waals surface area (Å²) in [5, 5.41) is 17.2. The fourth-order valence-electron chi connectivity index (χ4n) is 0.0304. The maximum atomic E-state index is 9.20. The molecule has 0 aliphatic rings. The van der Waals surface area contributed by atoms with Crippen molar-refractivity contribution in [2.75, 3.05) is 6.61 Å². The number of hydrogen-bond donors (Lipinski definition) is 1. The van der Waals surface area contributed by atoms with Gasteiger partial charge in [-0.15, -0.1) is 0 Å². The van der Waals surface area contributed by atoms with Gasteiger partial charge < -0.3 is 5.11 Å². The fourth-order valence-corrected chi connectivity index (χ4v) is 0.0304. The van der Waals surface area contributed by atoms with E-state index < -0.39 is 6.10 Å². The summed E-state index contributed by atoms with van der Waals surface area (Å²) in [4.78, 5) is 3.40. The van der Waals surface area contributed by atoms with Crippen LogP contribution in [0.2, 0.25) is 0 Å². The monoisotopic (exact) mass is 91.0 g/mol. The molecule has 1 atom stereocenters. The standard InChI is InChI=1S/C3H7O3/c1-3(2-4)6-5/h3-4H,2H2,1H3. The zero-order valence-electron chi connectivity index (χ0n) is 3.55. The molecule has 3 heteroatoms. The molecule has 1 unspecified atom stereocenters. The quantitative estimate of drug-likeness (QED) is 0.375. The van der Waals surface area contributed by atoms with Gasteiger partial charge in [-0.2, -0.15) is 4.89 Å². The Kier molecular flexibility index (Phi) is 3.02. The van der Waals surface area contributed by atoms with E-state index in [0.717, 1.165) is 0 Å². The van der Waals surface area contributed by atoms with Crippen molar-refractivity contribution in [1.82, 2.24) is 0 Å². The molecule has 0 saturated carbocycles. The van der Waals surface area contributed by atoms with Gasteiger partial charge in [-0.3, -0.25) is 0 Å². The average Bonchev–Trinajstić information content (AvgIpc) is 1.65. The van der Waals surface area contributed by atoms with Crippen LogP contribution in [0.1, 0.15) is 6.92 Å². The summed E-state index contributed by atoms with van der Waals surface area (Å²) in [6.07, 6.45) is -0.565. The average molecular weight is 91.1 g/mol. The van der Waals surface area contributed by atoms with Crippen molar-refractivity contribution in [2.24, 2.45) is 0 Å². The second kappa shape index (κ2) is 3.08. The smallest absolute Gasteiger partial charge is 0.116 e. The van der Waals surface area contributed by atoms with E-state index in [1.807, 2.05) is 0 Å². The SMILES string of the molecule is CC(CO)O[O]. The molecular weight excluding hydrogens is 84.0 g/mol. The van der Waals surface area contributed by atoms with Gasteiger partial charge in [0.05, 0.1) is 6.61 Å². The second-order valence-corrected chi connectivity index (χ2v) is 1.09. The third-order valence-electron chi connectivity index (χ3n) is 0.421. The summed E-state index contributed by atoms with van der Waals surface area (Å²) < 4.78 is 0. The zero-order chi connectivity index (χ0) is 4.99. The van der Waals surface area contributed by atoms with Crippen LogP contribution in [-0.2, 0) is 10.1 Å². The Morgan fingerprint density at radius 2 is 2.50 bits per heavy atom. The molecule has 0 amide bonds. The van der Waals surface area contributed by atoms with Crippen LogP contribution >= 0.6 is 0 Å². The van der Waals surface area contributed by atoms with E-state index in [0.29, 0.717) is 0 Å². The highest BCUT2D eigenvalue weighted by atomic mass is 17.1. The molecule has 6 heavy (non-hydrogen) atoms. The van der Waals surface area contributed by atoms with Crippen LogP contribution in [0.25, 0.3) is 0 Å². The Morgan fingerprint density at radius 1 is 2.00 bits per heavy atom. The van der Waals surface area contributed by atoms with Crippen LogP contribution < -0.4 is 0 Å². The molecule has 0 aliphatic heterocycles. The highest BCUT2D eigenvalue weighted by Gasteiger charge is 1.94. The van der Waals surface area contributed by atoms with E-state index >= 15 is 0 Å². The van der Waals surface area contributed by atoms with Crippen LogP contribution in [0.15, 0.2) is 0 Å². The van der Waals surface area contributed by atoms with Gasteiger partial charge in [0, 0.05) is 0 Å². The molecule has 0 aromatic heterocycles. The first-order valence-electron chi connectivity index (χ1n) is 1.70. The number of aliphatic hydroxyl groups is 1. The predicted molar refractivity (Wildman–Crippen MR) is 18.3 cm³/mol. The van der Waals surface area contributed by atoms with Gasteiger partial charge in [0.15, 0.2) is 0 Å². The lowest BCUT2D eigenvalue weighted by atomic mass is 10.5. The molecule has 0 heterocycles. The second-order valence-electron chi connectivity index (χ2n) is 1.09. The van der Waals surface area contributed by atoms with Crippen LogP contribution in [0.3, 0.4) is 0 Å². The normalized spacial score (nSPS) is 14.5. The molecule has 0 aliphatic carbocycles. The summed E-state index contributed by atoms with van der Waals surface area (Å²) >= 11 is 0. The minimum absolute atomic E-state index is 0.205. The van der Waals surface area contributed by atoms with Crippen LogP contribution in [-0.4, -0.2) is 17.8 Å². The molecule has 37 valence electrons. The Balaban J connectivity index is 2.75. The van der Waals surface area contributed by atoms with Crippen molar-refractivity contribution in [3.63, 3.8) is 0 Å². The summed E-state index contributed by atoms with van der Waals surface area (Å²) in [5.74, 6) is 0. The Bertz CT molecular complexity index is 25.2. The minimum atomic E-state index is -0.565. The Hall–Kier alpha value is -0.120. The van der Waals surface area contributed by atoms with Crippen molar-refractivity contribution in [2.45, 2.75) is 13.0 Å². The van der Waals surface area contributed by atoms with Gasteiger partial charge in [-0.25, -0.2) is 0 Å². The van der Waals surface area contributed by atoms with Gasteiger partial charge in [-0.05, 0) is 12.2 Å². The van der Waals surface area contributed by atoms with Crippen molar-refractivity contribution in [1.29, 1.82) is 0 Å². The number of hydrogen-bond acceptors (Lipinski definition) is 2. The van der Waals surface area contributed by atoms with Crippen molar-refractivity contribution < 1.29 is 15.3 Å². The Labute approximate surface area is 36.1 Å². The maximum Gasteiger partial charge on any atom is 0.116 e. The van der Waals surface area contributed by atoms with E-state index in [4.69, 9.17) is 5.11 Å². The van der Waals surface area contributed by atoms with Gasteiger partial charge in [0.1, 0.15) is 6.10 Å². The van der Waals surface area contributed by atoms with Gasteiger partial charge in [0.25, 0.3) is 0 Å².